The molecular weight excluding hydrogens is 436 g/mol. The Hall–Kier alpha value is -3.90. The Morgan fingerprint density at radius 3 is 2.43 bits per heavy atom. The summed E-state index contributed by atoms with van der Waals surface area (Å²) in [6, 6.07) is 23.5. The second kappa shape index (κ2) is 11.0. The minimum absolute atomic E-state index is 0.0244. The van der Waals surface area contributed by atoms with Gasteiger partial charge in [0.25, 0.3) is 5.91 Å². The maximum atomic E-state index is 12.4. The van der Waals surface area contributed by atoms with E-state index >= 15 is 0 Å². The molecule has 0 atom stereocenters. The molecule has 6 heteroatoms. The average Bonchev–Trinajstić information content (AvgIpc) is 3.20. The van der Waals surface area contributed by atoms with Crippen LogP contribution in [-0.4, -0.2) is 53.8 Å². The van der Waals surface area contributed by atoms with Crippen molar-refractivity contribution >= 4 is 28.2 Å². The first-order valence-corrected chi connectivity index (χ1v) is 12.0. The SMILES string of the molecule is CCCNC(=O)c1ccc2c(C(=Nc3ccc(CCN(C)C)cc3)c3ccccc3)c(O)[nH]c2c1. The largest absolute Gasteiger partial charge is 0.494 e. The minimum Gasteiger partial charge on any atom is -0.494 e. The Bertz CT molecular complexity index is 1320. The van der Waals surface area contributed by atoms with Crippen molar-refractivity contribution in [2.75, 3.05) is 27.2 Å². The zero-order valence-electron chi connectivity index (χ0n) is 20.5. The molecule has 4 rings (SSSR count). The molecule has 3 aromatic carbocycles. The summed E-state index contributed by atoms with van der Waals surface area (Å²) >= 11 is 0. The van der Waals surface area contributed by atoms with Gasteiger partial charge >= 0.3 is 0 Å². The van der Waals surface area contributed by atoms with E-state index in [-0.39, 0.29) is 11.8 Å². The highest BCUT2D eigenvalue weighted by molar-refractivity contribution is 6.22. The predicted octanol–water partition coefficient (Wildman–Crippen LogP) is 5.29. The Kier molecular flexibility index (Phi) is 7.63. The van der Waals surface area contributed by atoms with Crippen molar-refractivity contribution in [2.45, 2.75) is 19.8 Å². The number of nitrogens with one attached hydrogen (secondary N) is 2. The van der Waals surface area contributed by atoms with Gasteiger partial charge in [0.1, 0.15) is 0 Å². The molecule has 180 valence electrons. The molecule has 0 unspecified atom stereocenters. The van der Waals surface area contributed by atoms with Gasteiger partial charge in [0.05, 0.1) is 17.0 Å². The number of carbonyl (C=O) groups excluding carboxylic acids is 1. The molecule has 0 saturated carbocycles. The minimum atomic E-state index is -0.129. The molecule has 0 aliphatic rings. The molecule has 1 aromatic heterocycles. The fourth-order valence-electron chi connectivity index (χ4n) is 3.98. The lowest BCUT2D eigenvalue weighted by Crippen LogP contribution is -2.23. The first-order chi connectivity index (χ1) is 17.0. The number of likely N-dealkylation sites (N-methyl/N-ethyl adjacent to an activating group) is 1. The van der Waals surface area contributed by atoms with Gasteiger partial charge in [0, 0.05) is 35.1 Å². The Morgan fingerprint density at radius 1 is 1.00 bits per heavy atom. The third-order valence-electron chi connectivity index (χ3n) is 5.89. The standard InChI is InChI=1S/C29H32N4O2/c1-4-17-30-28(34)22-12-15-24-25(19-22)32-29(35)26(24)27(21-8-6-5-7-9-21)31-23-13-10-20(11-14-23)16-18-33(2)3/h5-15,19,32,35H,4,16-18H2,1-3H3,(H,30,34). The van der Waals surface area contributed by atoms with Crippen molar-refractivity contribution in [3.05, 3.63) is 95.1 Å². The van der Waals surface area contributed by atoms with Crippen molar-refractivity contribution < 1.29 is 9.90 Å². The number of carbonyl (C=O) groups is 1. The number of benzene rings is 3. The van der Waals surface area contributed by atoms with Crippen LogP contribution in [0.25, 0.3) is 10.9 Å². The molecule has 0 fully saturated rings. The molecule has 1 amide bonds. The third kappa shape index (κ3) is 5.78. The lowest BCUT2D eigenvalue weighted by atomic mass is 10.00. The summed E-state index contributed by atoms with van der Waals surface area (Å²) in [4.78, 5) is 22.6. The first kappa shape index (κ1) is 24.2. The smallest absolute Gasteiger partial charge is 0.251 e. The zero-order chi connectivity index (χ0) is 24.8. The van der Waals surface area contributed by atoms with Crippen molar-refractivity contribution in [3.8, 4) is 5.88 Å². The summed E-state index contributed by atoms with van der Waals surface area (Å²) < 4.78 is 0. The Labute approximate surface area is 206 Å². The van der Waals surface area contributed by atoms with Gasteiger partial charge in [0.2, 0.25) is 0 Å². The quantitative estimate of drug-likeness (QED) is 0.292. The summed E-state index contributed by atoms with van der Waals surface area (Å²) in [5.74, 6) is -0.105. The van der Waals surface area contributed by atoms with Gasteiger partial charge in [-0.3, -0.25) is 4.79 Å². The number of aliphatic imine (C=N–C) groups is 1. The molecule has 6 nitrogen and oxygen atoms in total. The highest BCUT2D eigenvalue weighted by Crippen LogP contribution is 2.32. The lowest BCUT2D eigenvalue weighted by Gasteiger charge is -2.10. The van der Waals surface area contributed by atoms with E-state index in [0.29, 0.717) is 28.9 Å². The van der Waals surface area contributed by atoms with E-state index in [2.05, 4.69) is 41.4 Å². The van der Waals surface area contributed by atoms with Gasteiger partial charge in [-0.15, -0.1) is 0 Å². The van der Waals surface area contributed by atoms with Crippen LogP contribution < -0.4 is 5.32 Å². The van der Waals surface area contributed by atoms with Crippen molar-refractivity contribution in [2.24, 2.45) is 4.99 Å². The number of aromatic hydroxyl groups is 1. The monoisotopic (exact) mass is 468 g/mol. The summed E-state index contributed by atoms with van der Waals surface area (Å²) in [7, 11) is 4.14. The summed E-state index contributed by atoms with van der Waals surface area (Å²) in [6.07, 6.45) is 1.84. The summed E-state index contributed by atoms with van der Waals surface area (Å²) in [5, 5.41) is 14.6. The van der Waals surface area contributed by atoms with Crippen LogP contribution in [0, 0.1) is 0 Å². The molecule has 0 saturated heterocycles. The predicted molar refractivity (Wildman–Crippen MR) is 143 cm³/mol. The molecule has 0 spiro atoms. The molecular formula is C29H32N4O2. The van der Waals surface area contributed by atoms with Crippen LogP contribution in [0.15, 0.2) is 77.8 Å². The van der Waals surface area contributed by atoms with Crippen molar-refractivity contribution in [1.82, 2.24) is 15.2 Å². The van der Waals surface area contributed by atoms with Crippen LogP contribution in [0.1, 0.15) is 40.4 Å². The number of aromatic amines is 1. The van der Waals surface area contributed by atoms with Crippen molar-refractivity contribution in [1.29, 1.82) is 0 Å². The highest BCUT2D eigenvalue weighted by atomic mass is 16.3. The number of nitrogens with zero attached hydrogens (tertiary/aromatic N) is 2. The molecule has 0 aliphatic heterocycles. The zero-order valence-corrected chi connectivity index (χ0v) is 20.5. The highest BCUT2D eigenvalue weighted by Gasteiger charge is 2.19. The van der Waals surface area contributed by atoms with E-state index in [1.807, 2.05) is 55.5 Å². The average molecular weight is 469 g/mol. The fourth-order valence-corrected chi connectivity index (χ4v) is 3.98. The van der Waals surface area contributed by atoms with Gasteiger partial charge in [-0.05, 0) is 56.8 Å². The molecule has 0 bridgehead atoms. The topological polar surface area (TPSA) is 80.7 Å². The second-order valence-electron chi connectivity index (χ2n) is 8.91. The number of hydrogen-bond acceptors (Lipinski definition) is 4. The molecule has 3 N–H and O–H groups in total. The lowest BCUT2D eigenvalue weighted by molar-refractivity contribution is 0.0953. The van der Waals surface area contributed by atoms with E-state index in [1.54, 1.807) is 12.1 Å². The van der Waals surface area contributed by atoms with Crippen LogP contribution in [0.5, 0.6) is 5.88 Å². The maximum absolute atomic E-state index is 12.4. The van der Waals surface area contributed by atoms with Crippen molar-refractivity contribution in [3.63, 3.8) is 0 Å². The van der Waals surface area contributed by atoms with Gasteiger partial charge in [-0.1, -0.05) is 55.5 Å². The molecule has 0 radical (unpaired) electrons. The summed E-state index contributed by atoms with van der Waals surface area (Å²) in [6.45, 7) is 3.62. The van der Waals surface area contributed by atoms with Crippen LogP contribution >= 0.6 is 0 Å². The number of H-pyrrole nitrogens is 1. The van der Waals surface area contributed by atoms with Gasteiger partial charge < -0.3 is 20.3 Å². The van der Waals surface area contributed by atoms with Crippen LogP contribution in [-0.2, 0) is 6.42 Å². The van der Waals surface area contributed by atoms with E-state index in [4.69, 9.17) is 4.99 Å². The molecule has 35 heavy (non-hydrogen) atoms. The number of amides is 1. The molecule has 1 heterocycles. The Balaban J connectivity index is 1.75. The number of aromatic nitrogens is 1. The van der Waals surface area contributed by atoms with E-state index in [0.717, 1.165) is 36.0 Å². The normalized spacial score (nSPS) is 11.8. The Morgan fingerprint density at radius 2 is 1.74 bits per heavy atom. The molecule has 4 aromatic rings. The number of fused-ring (bicyclic) bond motifs is 1. The van der Waals surface area contributed by atoms with Gasteiger partial charge in [-0.2, -0.15) is 0 Å². The second-order valence-corrected chi connectivity index (χ2v) is 8.91. The van der Waals surface area contributed by atoms with E-state index in [9.17, 15) is 9.90 Å². The van der Waals surface area contributed by atoms with Gasteiger partial charge in [-0.25, -0.2) is 4.99 Å². The maximum Gasteiger partial charge on any atom is 0.251 e. The van der Waals surface area contributed by atoms with Gasteiger partial charge in [0.15, 0.2) is 5.88 Å². The fraction of sp³-hybridized carbons (Fsp3) is 0.241. The van der Waals surface area contributed by atoms with E-state index in [1.165, 1.54) is 5.56 Å². The summed E-state index contributed by atoms with van der Waals surface area (Å²) in [5.41, 5.74) is 5.46. The third-order valence-corrected chi connectivity index (χ3v) is 5.89. The van der Waals surface area contributed by atoms with E-state index < -0.39 is 0 Å². The first-order valence-electron chi connectivity index (χ1n) is 12.0. The van der Waals surface area contributed by atoms with Crippen LogP contribution in [0.3, 0.4) is 0 Å². The molecule has 0 aliphatic carbocycles. The van der Waals surface area contributed by atoms with Crippen LogP contribution in [0.2, 0.25) is 0 Å². The number of hydrogen-bond donors (Lipinski definition) is 3. The number of rotatable bonds is 9. The van der Waals surface area contributed by atoms with Crippen LogP contribution in [0.4, 0.5) is 5.69 Å².